The first kappa shape index (κ1) is 14.9. The van der Waals surface area contributed by atoms with Gasteiger partial charge in [0.15, 0.2) is 5.13 Å². The Hall–Kier alpha value is -1.51. The summed E-state index contributed by atoms with van der Waals surface area (Å²) in [6.07, 6.45) is 0. The molecule has 1 aromatic carbocycles. The standard InChI is InChI=1S/C12H14FN3O2S2/c1-7-3-4-9(13)5-11(7)20(17,18)16-12-15-10(6-19-12)8(2)14/h3-6,8H,14H2,1-2H3,(H,15,16). The second kappa shape index (κ2) is 5.47. The minimum absolute atomic E-state index is 0.102. The van der Waals surface area contributed by atoms with Crippen LogP contribution in [0.1, 0.15) is 24.2 Å². The molecule has 1 unspecified atom stereocenters. The molecule has 0 fully saturated rings. The molecule has 0 radical (unpaired) electrons. The molecular formula is C12H14FN3O2S2. The van der Waals surface area contributed by atoms with Gasteiger partial charge in [-0.2, -0.15) is 0 Å². The molecule has 0 aliphatic rings. The number of nitrogens with zero attached hydrogens (tertiary/aromatic N) is 1. The molecule has 0 spiro atoms. The number of nitrogens with two attached hydrogens (primary N) is 1. The molecular weight excluding hydrogens is 301 g/mol. The average Bonchev–Trinajstić information content (AvgIpc) is 2.80. The van der Waals surface area contributed by atoms with Crippen LogP contribution < -0.4 is 10.5 Å². The van der Waals surface area contributed by atoms with Crippen LogP contribution in [-0.4, -0.2) is 13.4 Å². The van der Waals surface area contributed by atoms with Crippen LogP contribution in [0.4, 0.5) is 9.52 Å². The molecule has 5 nitrogen and oxygen atoms in total. The molecule has 0 saturated heterocycles. The highest BCUT2D eigenvalue weighted by Gasteiger charge is 2.19. The van der Waals surface area contributed by atoms with Crippen molar-refractivity contribution in [2.75, 3.05) is 4.72 Å². The topological polar surface area (TPSA) is 85.1 Å². The lowest BCUT2D eigenvalue weighted by atomic mass is 10.2. The fourth-order valence-corrected chi connectivity index (χ4v) is 3.90. The van der Waals surface area contributed by atoms with Crippen molar-refractivity contribution < 1.29 is 12.8 Å². The molecule has 1 atom stereocenters. The number of rotatable bonds is 4. The fraction of sp³-hybridized carbons (Fsp3) is 0.250. The predicted molar refractivity (Wildman–Crippen MR) is 76.7 cm³/mol. The van der Waals surface area contributed by atoms with Crippen LogP contribution in [0.2, 0.25) is 0 Å². The number of aryl methyl sites for hydroxylation is 1. The monoisotopic (exact) mass is 315 g/mol. The maximum Gasteiger partial charge on any atom is 0.264 e. The Bertz CT molecular complexity index is 726. The third-order valence-electron chi connectivity index (χ3n) is 2.65. The van der Waals surface area contributed by atoms with Crippen molar-refractivity contribution in [2.45, 2.75) is 24.8 Å². The summed E-state index contributed by atoms with van der Waals surface area (Å²) in [6.45, 7) is 3.35. The number of hydrogen-bond donors (Lipinski definition) is 2. The van der Waals surface area contributed by atoms with Gasteiger partial charge in [0.05, 0.1) is 10.6 Å². The lowest BCUT2D eigenvalue weighted by molar-refractivity contribution is 0.594. The molecule has 2 rings (SSSR count). The van der Waals surface area contributed by atoms with E-state index >= 15 is 0 Å². The summed E-state index contributed by atoms with van der Waals surface area (Å²) in [7, 11) is -3.86. The number of hydrogen-bond acceptors (Lipinski definition) is 5. The van der Waals surface area contributed by atoms with Gasteiger partial charge < -0.3 is 5.73 Å². The Morgan fingerprint density at radius 2 is 2.15 bits per heavy atom. The number of sulfonamides is 1. The van der Waals surface area contributed by atoms with Crippen LogP contribution in [0.5, 0.6) is 0 Å². The molecule has 0 aliphatic heterocycles. The lowest BCUT2D eigenvalue weighted by Gasteiger charge is -2.08. The normalized spacial score (nSPS) is 13.2. The van der Waals surface area contributed by atoms with Crippen LogP contribution in [0.25, 0.3) is 0 Å². The van der Waals surface area contributed by atoms with E-state index in [0.29, 0.717) is 11.3 Å². The molecule has 108 valence electrons. The predicted octanol–water partition coefficient (Wildman–Crippen LogP) is 2.41. The summed E-state index contributed by atoms with van der Waals surface area (Å²) in [4.78, 5) is 3.98. The van der Waals surface area contributed by atoms with Crippen molar-refractivity contribution in [3.63, 3.8) is 0 Å². The highest BCUT2D eigenvalue weighted by atomic mass is 32.2. The average molecular weight is 315 g/mol. The number of benzene rings is 1. The summed E-state index contributed by atoms with van der Waals surface area (Å²) < 4.78 is 40.0. The summed E-state index contributed by atoms with van der Waals surface area (Å²) in [5.74, 6) is -0.605. The van der Waals surface area contributed by atoms with Crippen molar-refractivity contribution in [1.29, 1.82) is 0 Å². The number of halogens is 1. The lowest BCUT2D eigenvalue weighted by Crippen LogP contribution is -2.15. The zero-order chi connectivity index (χ0) is 14.9. The summed E-state index contributed by atoms with van der Waals surface area (Å²) in [5.41, 5.74) is 6.72. The fourth-order valence-electron chi connectivity index (χ4n) is 1.58. The number of anilines is 1. The second-order valence-corrected chi connectivity index (χ2v) is 6.89. The van der Waals surface area contributed by atoms with Gasteiger partial charge in [-0.25, -0.2) is 17.8 Å². The number of thiazole rings is 1. The van der Waals surface area contributed by atoms with E-state index in [2.05, 4.69) is 9.71 Å². The largest absolute Gasteiger partial charge is 0.323 e. The molecule has 0 saturated carbocycles. The summed E-state index contributed by atoms with van der Waals surface area (Å²) in [5, 5.41) is 1.89. The van der Waals surface area contributed by atoms with E-state index in [1.807, 2.05) is 0 Å². The smallest absolute Gasteiger partial charge is 0.264 e. The van der Waals surface area contributed by atoms with Gasteiger partial charge in [-0.15, -0.1) is 11.3 Å². The summed E-state index contributed by atoms with van der Waals surface area (Å²) in [6, 6.07) is 3.34. The SMILES string of the molecule is Cc1ccc(F)cc1S(=O)(=O)Nc1nc(C(C)N)cs1. The molecule has 0 amide bonds. The Kier molecular flexibility index (Phi) is 4.07. The molecule has 20 heavy (non-hydrogen) atoms. The highest BCUT2D eigenvalue weighted by molar-refractivity contribution is 7.93. The van der Waals surface area contributed by atoms with Gasteiger partial charge in [0.2, 0.25) is 0 Å². The first-order valence-corrected chi connectivity index (χ1v) is 8.16. The van der Waals surface area contributed by atoms with E-state index in [-0.39, 0.29) is 16.1 Å². The van der Waals surface area contributed by atoms with Gasteiger partial charge in [0.25, 0.3) is 10.0 Å². The van der Waals surface area contributed by atoms with Crippen molar-refractivity contribution in [3.05, 3.63) is 40.7 Å². The summed E-state index contributed by atoms with van der Waals surface area (Å²) >= 11 is 1.13. The van der Waals surface area contributed by atoms with E-state index in [4.69, 9.17) is 5.73 Å². The van der Waals surface area contributed by atoms with Crippen molar-refractivity contribution >= 4 is 26.5 Å². The highest BCUT2D eigenvalue weighted by Crippen LogP contribution is 2.24. The number of nitrogens with one attached hydrogen (secondary N) is 1. The van der Waals surface area contributed by atoms with Crippen molar-refractivity contribution in [1.82, 2.24) is 4.98 Å². The maximum atomic E-state index is 13.2. The van der Waals surface area contributed by atoms with Crippen LogP contribution in [0.15, 0.2) is 28.5 Å². The van der Waals surface area contributed by atoms with Crippen molar-refractivity contribution in [2.24, 2.45) is 5.73 Å². The molecule has 1 heterocycles. The van der Waals surface area contributed by atoms with Crippen molar-refractivity contribution in [3.8, 4) is 0 Å². The van der Waals surface area contributed by atoms with Crippen LogP contribution in [0, 0.1) is 12.7 Å². The first-order chi connectivity index (χ1) is 9.29. The second-order valence-electron chi connectivity index (χ2n) is 4.38. The first-order valence-electron chi connectivity index (χ1n) is 5.79. The van der Waals surface area contributed by atoms with E-state index in [1.54, 1.807) is 19.2 Å². The van der Waals surface area contributed by atoms with E-state index < -0.39 is 15.8 Å². The van der Waals surface area contributed by atoms with E-state index in [1.165, 1.54) is 12.1 Å². The van der Waals surface area contributed by atoms with Gasteiger partial charge in [0.1, 0.15) is 5.82 Å². The van der Waals surface area contributed by atoms with Crippen LogP contribution in [0.3, 0.4) is 0 Å². The molecule has 3 N–H and O–H groups in total. The van der Waals surface area contributed by atoms with E-state index in [9.17, 15) is 12.8 Å². The van der Waals surface area contributed by atoms with E-state index in [0.717, 1.165) is 17.4 Å². The molecule has 2 aromatic rings. The van der Waals surface area contributed by atoms with Gasteiger partial charge in [-0.05, 0) is 31.5 Å². The minimum Gasteiger partial charge on any atom is -0.323 e. The molecule has 8 heteroatoms. The zero-order valence-corrected chi connectivity index (χ0v) is 12.6. The number of aromatic nitrogens is 1. The van der Waals surface area contributed by atoms with Gasteiger partial charge in [-0.1, -0.05) is 6.07 Å². The molecule has 1 aromatic heterocycles. The Labute approximate surface area is 120 Å². The quantitative estimate of drug-likeness (QED) is 0.907. The molecule has 0 bridgehead atoms. The Balaban J connectivity index is 2.33. The Morgan fingerprint density at radius 1 is 1.45 bits per heavy atom. The zero-order valence-electron chi connectivity index (χ0n) is 10.9. The van der Waals surface area contributed by atoms with Gasteiger partial charge in [-0.3, -0.25) is 4.72 Å². The van der Waals surface area contributed by atoms with Gasteiger partial charge in [0, 0.05) is 11.4 Å². The molecule has 0 aliphatic carbocycles. The third kappa shape index (κ3) is 3.14. The Morgan fingerprint density at radius 3 is 2.75 bits per heavy atom. The van der Waals surface area contributed by atoms with Gasteiger partial charge >= 0.3 is 0 Å². The maximum absolute atomic E-state index is 13.2. The van der Waals surface area contributed by atoms with Crippen LogP contribution >= 0.6 is 11.3 Å². The third-order valence-corrected chi connectivity index (χ3v) is 5.04. The van der Waals surface area contributed by atoms with Crippen LogP contribution in [-0.2, 0) is 10.0 Å². The minimum atomic E-state index is -3.86.